The average Bonchev–Trinajstić information content (AvgIpc) is 2.38. The van der Waals surface area contributed by atoms with Gasteiger partial charge in [-0.15, -0.1) is 0 Å². The van der Waals surface area contributed by atoms with E-state index in [1.165, 1.54) is 0 Å². The van der Waals surface area contributed by atoms with Crippen molar-refractivity contribution in [2.75, 3.05) is 13.1 Å². The first kappa shape index (κ1) is 12.5. The van der Waals surface area contributed by atoms with E-state index in [2.05, 4.69) is 0 Å². The van der Waals surface area contributed by atoms with Crippen molar-refractivity contribution >= 4 is 11.6 Å². The van der Waals surface area contributed by atoms with E-state index in [1.54, 1.807) is 30.0 Å². The number of nitro groups is 1. The maximum atomic E-state index is 12.3. The van der Waals surface area contributed by atoms with Gasteiger partial charge in [0, 0.05) is 18.7 Å². The second kappa shape index (κ2) is 5.16. The zero-order chi connectivity index (χ0) is 13.1. The number of carbonyl (C=O) groups excluding carboxylic acids is 1. The van der Waals surface area contributed by atoms with Crippen molar-refractivity contribution < 1.29 is 9.72 Å². The summed E-state index contributed by atoms with van der Waals surface area (Å²) in [6.45, 7) is 3.05. The topological polar surface area (TPSA) is 63.5 Å². The molecular weight excluding hydrogens is 232 g/mol. The largest absolute Gasteiger partial charge is 0.338 e. The highest BCUT2D eigenvalue weighted by atomic mass is 16.6. The number of rotatable bonds is 2. The molecule has 2 rings (SSSR count). The van der Waals surface area contributed by atoms with Crippen LogP contribution in [0.1, 0.15) is 35.2 Å². The molecule has 1 fully saturated rings. The van der Waals surface area contributed by atoms with Crippen LogP contribution < -0.4 is 0 Å². The van der Waals surface area contributed by atoms with Crippen LogP contribution in [0.15, 0.2) is 18.2 Å². The predicted octanol–water partition coefficient (Wildman–Crippen LogP) is 2.53. The Kier molecular flexibility index (Phi) is 3.60. The number of nitro benzene ring substituents is 1. The van der Waals surface area contributed by atoms with Crippen LogP contribution in [0.4, 0.5) is 5.69 Å². The summed E-state index contributed by atoms with van der Waals surface area (Å²) in [5, 5.41) is 11.1. The van der Waals surface area contributed by atoms with E-state index in [0.29, 0.717) is 18.7 Å². The van der Waals surface area contributed by atoms with Gasteiger partial charge in [-0.3, -0.25) is 14.9 Å². The smallest absolute Gasteiger partial charge is 0.285 e. The Balaban J connectivity index is 2.35. The van der Waals surface area contributed by atoms with Crippen LogP contribution in [0.5, 0.6) is 0 Å². The van der Waals surface area contributed by atoms with E-state index in [9.17, 15) is 14.9 Å². The van der Waals surface area contributed by atoms with Gasteiger partial charge in [0.1, 0.15) is 5.56 Å². The molecule has 0 radical (unpaired) electrons. The lowest BCUT2D eigenvalue weighted by atomic mass is 10.0. The SMILES string of the molecule is Cc1cccc(C(=O)N2CCCCC2)c1[N+](=O)[O-]. The molecule has 0 N–H and O–H groups in total. The second-order valence-electron chi connectivity index (χ2n) is 4.58. The first-order valence-corrected chi connectivity index (χ1v) is 6.14. The minimum absolute atomic E-state index is 0.0620. The molecule has 1 aliphatic rings. The lowest BCUT2D eigenvalue weighted by molar-refractivity contribution is -0.385. The fourth-order valence-corrected chi connectivity index (χ4v) is 2.34. The summed E-state index contributed by atoms with van der Waals surface area (Å²) in [5.41, 5.74) is 0.679. The van der Waals surface area contributed by atoms with Gasteiger partial charge in [0.05, 0.1) is 4.92 Å². The third kappa shape index (κ3) is 2.34. The monoisotopic (exact) mass is 248 g/mol. The third-order valence-electron chi connectivity index (χ3n) is 3.29. The van der Waals surface area contributed by atoms with Crippen molar-refractivity contribution in [3.63, 3.8) is 0 Å². The van der Waals surface area contributed by atoms with Gasteiger partial charge in [-0.2, -0.15) is 0 Å². The van der Waals surface area contributed by atoms with E-state index in [1.807, 2.05) is 0 Å². The van der Waals surface area contributed by atoms with Crippen LogP contribution in [0.3, 0.4) is 0 Å². The highest BCUT2D eigenvalue weighted by Gasteiger charge is 2.26. The number of amides is 1. The van der Waals surface area contributed by atoms with E-state index < -0.39 is 4.92 Å². The van der Waals surface area contributed by atoms with Gasteiger partial charge in [0.25, 0.3) is 11.6 Å². The molecule has 0 saturated carbocycles. The van der Waals surface area contributed by atoms with Crippen LogP contribution >= 0.6 is 0 Å². The minimum atomic E-state index is -0.466. The molecule has 0 spiro atoms. The Morgan fingerprint density at radius 3 is 2.56 bits per heavy atom. The first-order valence-electron chi connectivity index (χ1n) is 6.14. The van der Waals surface area contributed by atoms with Crippen molar-refractivity contribution in [3.8, 4) is 0 Å². The van der Waals surface area contributed by atoms with Gasteiger partial charge in [-0.05, 0) is 32.3 Å². The molecule has 5 heteroatoms. The van der Waals surface area contributed by atoms with E-state index >= 15 is 0 Å². The Morgan fingerprint density at radius 2 is 1.94 bits per heavy atom. The lowest BCUT2D eigenvalue weighted by Crippen LogP contribution is -2.36. The number of para-hydroxylation sites is 1. The molecule has 0 aliphatic carbocycles. The molecule has 0 atom stereocenters. The maximum absolute atomic E-state index is 12.3. The maximum Gasteiger partial charge on any atom is 0.285 e. The number of piperidine rings is 1. The van der Waals surface area contributed by atoms with Crippen molar-refractivity contribution in [2.45, 2.75) is 26.2 Å². The van der Waals surface area contributed by atoms with E-state index in [-0.39, 0.29) is 17.2 Å². The molecule has 5 nitrogen and oxygen atoms in total. The Labute approximate surface area is 106 Å². The zero-order valence-electron chi connectivity index (χ0n) is 10.4. The summed E-state index contributed by atoms with van der Waals surface area (Å²) in [6.07, 6.45) is 3.08. The number of likely N-dealkylation sites (tertiary alicyclic amines) is 1. The summed E-state index contributed by atoms with van der Waals surface area (Å²) in [5.74, 6) is -0.217. The first-order chi connectivity index (χ1) is 8.61. The van der Waals surface area contributed by atoms with Crippen LogP contribution in [-0.4, -0.2) is 28.8 Å². The van der Waals surface area contributed by atoms with Gasteiger partial charge in [-0.25, -0.2) is 0 Å². The van der Waals surface area contributed by atoms with Crippen LogP contribution in [0.25, 0.3) is 0 Å². The molecule has 0 unspecified atom stereocenters. The summed E-state index contributed by atoms with van der Waals surface area (Å²) < 4.78 is 0. The van der Waals surface area contributed by atoms with E-state index in [0.717, 1.165) is 19.3 Å². The highest BCUT2D eigenvalue weighted by molar-refractivity contribution is 5.98. The normalized spacial score (nSPS) is 15.5. The van der Waals surface area contributed by atoms with Crippen molar-refractivity contribution in [2.24, 2.45) is 0 Å². The fraction of sp³-hybridized carbons (Fsp3) is 0.462. The number of benzene rings is 1. The number of carbonyl (C=O) groups is 1. The Bertz CT molecular complexity index is 479. The quantitative estimate of drug-likeness (QED) is 0.596. The standard InChI is InChI=1S/C13H16N2O3/c1-10-6-5-7-11(12(10)15(17)18)13(16)14-8-3-2-4-9-14/h5-7H,2-4,8-9H2,1H3. The number of aryl methyl sites for hydroxylation is 1. The highest BCUT2D eigenvalue weighted by Crippen LogP contribution is 2.25. The van der Waals surface area contributed by atoms with Crippen molar-refractivity contribution in [3.05, 3.63) is 39.4 Å². The molecule has 1 amide bonds. The fourth-order valence-electron chi connectivity index (χ4n) is 2.34. The summed E-state index contributed by atoms with van der Waals surface area (Å²) in [4.78, 5) is 24.6. The molecule has 0 aromatic heterocycles. The molecule has 96 valence electrons. The lowest BCUT2D eigenvalue weighted by Gasteiger charge is -2.26. The predicted molar refractivity (Wildman–Crippen MR) is 67.6 cm³/mol. The summed E-state index contributed by atoms with van der Waals surface area (Å²) in [7, 11) is 0. The molecule has 18 heavy (non-hydrogen) atoms. The Morgan fingerprint density at radius 1 is 1.28 bits per heavy atom. The average molecular weight is 248 g/mol. The van der Waals surface area contributed by atoms with Crippen molar-refractivity contribution in [1.29, 1.82) is 0 Å². The molecule has 1 heterocycles. The Hall–Kier alpha value is -1.91. The third-order valence-corrected chi connectivity index (χ3v) is 3.29. The molecule has 1 aromatic rings. The van der Waals surface area contributed by atoms with Crippen LogP contribution in [0, 0.1) is 17.0 Å². The molecule has 0 bridgehead atoms. The van der Waals surface area contributed by atoms with Gasteiger partial charge in [-0.1, -0.05) is 12.1 Å². The van der Waals surface area contributed by atoms with Gasteiger partial charge >= 0.3 is 0 Å². The van der Waals surface area contributed by atoms with Crippen molar-refractivity contribution in [1.82, 2.24) is 4.90 Å². The number of nitrogens with zero attached hydrogens (tertiary/aromatic N) is 2. The zero-order valence-corrected chi connectivity index (χ0v) is 10.4. The molecule has 1 saturated heterocycles. The molecular formula is C13H16N2O3. The minimum Gasteiger partial charge on any atom is -0.338 e. The van der Waals surface area contributed by atoms with Gasteiger partial charge in [0.2, 0.25) is 0 Å². The molecule has 1 aromatic carbocycles. The number of hydrogen-bond acceptors (Lipinski definition) is 3. The second-order valence-corrected chi connectivity index (χ2v) is 4.58. The van der Waals surface area contributed by atoms with Crippen LogP contribution in [-0.2, 0) is 0 Å². The molecule has 1 aliphatic heterocycles. The van der Waals surface area contributed by atoms with Gasteiger partial charge in [0.15, 0.2) is 0 Å². The van der Waals surface area contributed by atoms with Crippen LogP contribution in [0.2, 0.25) is 0 Å². The summed E-state index contributed by atoms with van der Waals surface area (Å²) in [6, 6.07) is 4.90. The van der Waals surface area contributed by atoms with Gasteiger partial charge < -0.3 is 4.90 Å². The number of hydrogen-bond donors (Lipinski definition) is 0. The summed E-state index contributed by atoms with van der Waals surface area (Å²) >= 11 is 0. The van der Waals surface area contributed by atoms with E-state index in [4.69, 9.17) is 0 Å².